The van der Waals surface area contributed by atoms with E-state index >= 15 is 0 Å². The summed E-state index contributed by atoms with van der Waals surface area (Å²) in [6, 6.07) is 9.44. The molecule has 1 fully saturated rings. The van der Waals surface area contributed by atoms with Gasteiger partial charge in [-0.3, -0.25) is 4.90 Å². The number of rotatable bonds is 1. The van der Waals surface area contributed by atoms with Gasteiger partial charge in [-0.2, -0.15) is 0 Å². The molecule has 1 atom stereocenters. The highest BCUT2D eigenvalue weighted by Gasteiger charge is 2.37. The highest BCUT2D eigenvalue weighted by atomic mass is 16.6. The van der Waals surface area contributed by atoms with Gasteiger partial charge < -0.3 is 14.2 Å². The summed E-state index contributed by atoms with van der Waals surface area (Å²) in [7, 11) is 0. The lowest BCUT2D eigenvalue weighted by Gasteiger charge is -2.30. The summed E-state index contributed by atoms with van der Waals surface area (Å²) in [4.78, 5) is 34.4. The molecule has 3 heterocycles. The zero-order valence-corrected chi connectivity index (χ0v) is 20.8. The summed E-state index contributed by atoms with van der Waals surface area (Å²) in [5, 5.41) is 0. The largest absolute Gasteiger partial charge is 0.443 e. The smallest absolute Gasteiger partial charge is 0.420 e. The van der Waals surface area contributed by atoms with Gasteiger partial charge >= 0.3 is 12.2 Å². The minimum absolute atomic E-state index is 0.203. The fourth-order valence-electron chi connectivity index (χ4n) is 4.09. The van der Waals surface area contributed by atoms with Crippen LogP contribution >= 0.6 is 0 Å². The lowest BCUT2D eigenvalue weighted by atomic mass is 9.97. The molecule has 0 aliphatic carbocycles. The number of hydrogen-bond acceptors (Lipinski definition) is 6. The maximum absolute atomic E-state index is 13.4. The first-order chi connectivity index (χ1) is 15.9. The van der Waals surface area contributed by atoms with Crippen molar-refractivity contribution in [3.8, 4) is 0 Å². The third-order valence-corrected chi connectivity index (χ3v) is 5.53. The van der Waals surface area contributed by atoms with Crippen LogP contribution < -0.4 is 9.80 Å². The highest BCUT2D eigenvalue weighted by Crippen LogP contribution is 2.43. The van der Waals surface area contributed by atoms with Gasteiger partial charge in [-0.25, -0.2) is 19.5 Å². The van der Waals surface area contributed by atoms with Crippen LogP contribution in [-0.2, 0) is 20.8 Å². The molecule has 2 aliphatic heterocycles. The topological polar surface area (TPSA) is 81.2 Å². The van der Waals surface area contributed by atoms with E-state index in [2.05, 4.69) is 4.98 Å². The van der Waals surface area contributed by atoms with E-state index in [9.17, 15) is 9.59 Å². The molecule has 182 valence electrons. The third kappa shape index (κ3) is 5.17. The van der Waals surface area contributed by atoms with Crippen molar-refractivity contribution in [1.82, 2.24) is 4.98 Å². The minimum Gasteiger partial charge on any atom is -0.443 e. The highest BCUT2D eigenvalue weighted by molar-refractivity contribution is 6.04. The van der Waals surface area contributed by atoms with Gasteiger partial charge in [0.2, 0.25) is 0 Å². The van der Waals surface area contributed by atoms with Crippen molar-refractivity contribution >= 4 is 29.4 Å². The number of hydrogen-bond donors (Lipinski definition) is 0. The minimum atomic E-state index is -0.704. The van der Waals surface area contributed by atoms with E-state index in [1.54, 1.807) is 17.2 Å². The second-order valence-electron chi connectivity index (χ2n) is 10.7. The van der Waals surface area contributed by atoms with Crippen LogP contribution in [0, 0.1) is 0 Å². The van der Waals surface area contributed by atoms with Gasteiger partial charge in [0.25, 0.3) is 0 Å². The van der Waals surface area contributed by atoms with Crippen LogP contribution in [0.3, 0.4) is 0 Å². The van der Waals surface area contributed by atoms with Gasteiger partial charge in [-0.15, -0.1) is 0 Å². The van der Waals surface area contributed by atoms with Gasteiger partial charge in [0.15, 0.2) is 0 Å². The lowest BCUT2D eigenvalue weighted by molar-refractivity contribution is 0.0571. The van der Waals surface area contributed by atoms with Crippen molar-refractivity contribution in [2.45, 2.75) is 71.6 Å². The number of ether oxygens (including phenoxy) is 3. The second-order valence-corrected chi connectivity index (χ2v) is 10.7. The molecule has 1 aromatic heterocycles. The Kier molecular flexibility index (Phi) is 6.29. The zero-order valence-electron chi connectivity index (χ0n) is 20.8. The van der Waals surface area contributed by atoms with Crippen LogP contribution in [0.4, 0.5) is 26.8 Å². The van der Waals surface area contributed by atoms with Crippen LogP contribution in [0.1, 0.15) is 65.0 Å². The SMILES string of the molecule is CC(C)(C)OC(=O)N1Cc2cccnc2N(C(=O)OC(C)(C)C)c2ccc(C3CCOC3)cc21. The molecular formula is C26H33N3O5. The summed E-state index contributed by atoms with van der Waals surface area (Å²) in [6.07, 6.45) is 1.48. The Balaban J connectivity index is 1.88. The number of amides is 2. The van der Waals surface area contributed by atoms with Crippen LogP contribution in [0.5, 0.6) is 0 Å². The summed E-state index contributed by atoms with van der Waals surface area (Å²) < 4.78 is 17.1. The molecular weight excluding hydrogens is 434 g/mol. The Labute approximate surface area is 200 Å². The number of fused-ring (bicyclic) bond motifs is 2. The standard InChI is InChI=1S/C26H33N3O5/c1-25(2,3)33-23(30)28-15-18-8-7-12-27-22(18)29(24(31)34-26(4,5)6)20-10-9-17(14-21(20)28)19-11-13-32-16-19/h7-10,12,14,19H,11,13,15-16H2,1-6H3. The first kappa shape index (κ1) is 24.0. The maximum Gasteiger partial charge on any atom is 0.420 e. The van der Waals surface area contributed by atoms with Crippen LogP contribution in [0.25, 0.3) is 0 Å². The Morgan fingerprint density at radius 1 is 1.00 bits per heavy atom. The van der Waals surface area contributed by atoms with Gasteiger partial charge in [0.05, 0.1) is 24.5 Å². The molecule has 1 unspecified atom stereocenters. The molecule has 2 aliphatic rings. The fraction of sp³-hybridized carbons (Fsp3) is 0.500. The molecule has 1 aromatic carbocycles. The summed E-state index contributed by atoms with van der Waals surface area (Å²) in [6.45, 7) is 12.5. The molecule has 2 aromatic rings. The molecule has 0 saturated carbocycles. The van der Waals surface area contributed by atoms with Crippen molar-refractivity contribution in [1.29, 1.82) is 0 Å². The van der Waals surface area contributed by atoms with Crippen molar-refractivity contribution in [2.24, 2.45) is 0 Å². The Bertz CT molecular complexity index is 1080. The molecule has 1 saturated heterocycles. The molecule has 34 heavy (non-hydrogen) atoms. The van der Waals surface area contributed by atoms with Crippen molar-refractivity contribution in [3.63, 3.8) is 0 Å². The van der Waals surface area contributed by atoms with Crippen LogP contribution in [0.15, 0.2) is 36.5 Å². The Hall–Kier alpha value is -3.13. The van der Waals surface area contributed by atoms with E-state index in [1.165, 1.54) is 4.90 Å². The average Bonchev–Trinajstić information content (AvgIpc) is 3.21. The van der Waals surface area contributed by atoms with E-state index in [4.69, 9.17) is 14.2 Å². The second kappa shape index (κ2) is 8.91. The van der Waals surface area contributed by atoms with Crippen LogP contribution in [0.2, 0.25) is 0 Å². The van der Waals surface area contributed by atoms with E-state index in [0.717, 1.165) is 12.0 Å². The predicted molar refractivity (Wildman–Crippen MR) is 130 cm³/mol. The molecule has 2 amide bonds. The van der Waals surface area contributed by atoms with Gasteiger partial charge in [-0.1, -0.05) is 12.1 Å². The third-order valence-electron chi connectivity index (χ3n) is 5.53. The van der Waals surface area contributed by atoms with Gasteiger partial charge in [0, 0.05) is 24.3 Å². The number of carbonyl (C=O) groups excluding carboxylic acids is 2. The number of anilines is 3. The number of pyridine rings is 1. The summed E-state index contributed by atoms with van der Waals surface area (Å²) in [5.74, 6) is 0.658. The van der Waals surface area contributed by atoms with Crippen molar-refractivity contribution < 1.29 is 23.8 Å². The lowest BCUT2D eigenvalue weighted by Crippen LogP contribution is -2.37. The molecule has 0 bridgehead atoms. The van der Waals surface area contributed by atoms with Crippen molar-refractivity contribution in [2.75, 3.05) is 23.0 Å². The molecule has 0 radical (unpaired) electrons. The van der Waals surface area contributed by atoms with Crippen molar-refractivity contribution in [3.05, 3.63) is 47.7 Å². The first-order valence-corrected chi connectivity index (χ1v) is 11.6. The number of nitrogens with zero attached hydrogens (tertiary/aromatic N) is 3. The molecule has 8 heteroatoms. The van der Waals surface area contributed by atoms with Crippen LogP contribution in [-0.4, -0.2) is 41.6 Å². The molecule has 8 nitrogen and oxygen atoms in total. The normalized spacial score (nSPS) is 18.1. The van der Waals surface area contributed by atoms with Gasteiger partial charge in [0.1, 0.15) is 17.0 Å². The monoisotopic (exact) mass is 467 g/mol. The van der Waals surface area contributed by atoms with E-state index in [1.807, 2.05) is 65.8 Å². The number of carbonyl (C=O) groups is 2. The summed E-state index contributed by atoms with van der Waals surface area (Å²) >= 11 is 0. The summed E-state index contributed by atoms with van der Waals surface area (Å²) in [5.41, 5.74) is 1.46. The molecule has 4 rings (SSSR count). The van der Waals surface area contributed by atoms with E-state index < -0.39 is 23.4 Å². The zero-order chi connectivity index (χ0) is 24.7. The quantitative estimate of drug-likeness (QED) is 0.518. The van der Waals surface area contributed by atoms with E-state index in [0.29, 0.717) is 36.0 Å². The predicted octanol–water partition coefficient (Wildman–Crippen LogP) is 5.91. The molecule has 0 spiro atoms. The maximum atomic E-state index is 13.4. The average molecular weight is 468 g/mol. The fourth-order valence-corrected chi connectivity index (χ4v) is 4.09. The first-order valence-electron chi connectivity index (χ1n) is 11.6. The Morgan fingerprint density at radius 2 is 1.71 bits per heavy atom. The van der Waals surface area contributed by atoms with Gasteiger partial charge in [-0.05, 0) is 71.7 Å². The molecule has 0 N–H and O–H groups in total. The van der Waals surface area contributed by atoms with E-state index in [-0.39, 0.29) is 12.5 Å². The number of aromatic nitrogens is 1. The Morgan fingerprint density at radius 3 is 2.35 bits per heavy atom. The number of benzene rings is 1.